The number of likely N-dealkylation sites (N-methyl/N-ethyl adjacent to an activating group) is 1. The molecule has 2 N–H and O–H groups in total. The van der Waals surface area contributed by atoms with Crippen LogP contribution in [0.15, 0.2) is 24.3 Å². The molecule has 1 aromatic rings. The van der Waals surface area contributed by atoms with Crippen LogP contribution in [0, 0.1) is 0 Å². The van der Waals surface area contributed by atoms with E-state index < -0.39 is 12.5 Å². The first-order chi connectivity index (χ1) is 7.15. The Morgan fingerprint density at radius 1 is 1.33 bits per heavy atom. The normalized spacial score (nSPS) is 13.1. The Hall–Kier alpha value is -1.00. The zero-order valence-electron chi connectivity index (χ0n) is 8.58. The van der Waals surface area contributed by atoms with Gasteiger partial charge in [0, 0.05) is 13.0 Å². The van der Waals surface area contributed by atoms with Crippen molar-refractivity contribution < 1.29 is 13.9 Å². The van der Waals surface area contributed by atoms with E-state index in [-0.39, 0.29) is 6.42 Å². The van der Waals surface area contributed by atoms with Crippen LogP contribution in [-0.2, 0) is 6.42 Å². The van der Waals surface area contributed by atoms with E-state index in [0.717, 1.165) is 0 Å². The molecule has 0 heterocycles. The van der Waals surface area contributed by atoms with Crippen LogP contribution in [0.3, 0.4) is 0 Å². The molecule has 0 amide bonds. The van der Waals surface area contributed by atoms with Crippen LogP contribution < -0.4 is 5.32 Å². The predicted octanol–water partition coefficient (Wildman–Crippen LogP) is 1.75. The number of benzene rings is 1. The van der Waals surface area contributed by atoms with Crippen LogP contribution in [-0.4, -0.2) is 25.1 Å². The highest BCUT2D eigenvalue weighted by molar-refractivity contribution is 5.29. The van der Waals surface area contributed by atoms with Gasteiger partial charge in [-0.3, -0.25) is 0 Å². The van der Waals surface area contributed by atoms with E-state index in [2.05, 4.69) is 5.32 Å². The van der Waals surface area contributed by atoms with Gasteiger partial charge in [0.15, 0.2) is 0 Å². The molecule has 0 aromatic heterocycles. The van der Waals surface area contributed by atoms with Crippen molar-refractivity contribution in [3.63, 3.8) is 0 Å². The topological polar surface area (TPSA) is 32.3 Å². The number of aliphatic hydroxyl groups excluding tert-OH is 1. The lowest BCUT2D eigenvalue weighted by atomic mass is 10.00. The van der Waals surface area contributed by atoms with Crippen LogP contribution in [0.25, 0.3) is 0 Å². The summed E-state index contributed by atoms with van der Waals surface area (Å²) in [6.07, 6.45) is -3.42. The molecule has 1 atom stereocenters. The number of rotatable bonds is 5. The third kappa shape index (κ3) is 3.57. The highest BCUT2D eigenvalue weighted by Gasteiger charge is 2.14. The van der Waals surface area contributed by atoms with Crippen LogP contribution in [0.2, 0.25) is 0 Å². The quantitative estimate of drug-likeness (QED) is 0.784. The molecule has 1 unspecified atom stereocenters. The summed E-state index contributed by atoms with van der Waals surface area (Å²) in [5, 5.41) is 12.5. The molecule has 0 radical (unpaired) electrons. The second-order valence-corrected chi connectivity index (χ2v) is 3.37. The van der Waals surface area contributed by atoms with Crippen molar-refractivity contribution in [1.29, 1.82) is 0 Å². The van der Waals surface area contributed by atoms with Crippen molar-refractivity contribution >= 4 is 0 Å². The summed E-state index contributed by atoms with van der Waals surface area (Å²) in [6, 6.07) is 6.75. The molecule has 0 bridgehead atoms. The fourth-order valence-electron chi connectivity index (χ4n) is 1.51. The summed E-state index contributed by atoms with van der Waals surface area (Å²) in [5.41, 5.74) is 1.09. The Balaban J connectivity index is 2.85. The van der Waals surface area contributed by atoms with Crippen molar-refractivity contribution in [2.24, 2.45) is 0 Å². The number of nitrogens with one attached hydrogen (secondary N) is 1. The lowest BCUT2D eigenvalue weighted by Gasteiger charge is -2.14. The molecule has 0 aliphatic heterocycles. The molecule has 0 aliphatic rings. The monoisotopic (exact) mass is 215 g/mol. The van der Waals surface area contributed by atoms with Gasteiger partial charge in [0.2, 0.25) is 6.43 Å². The van der Waals surface area contributed by atoms with Gasteiger partial charge in [0.1, 0.15) is 0 Å². The highest BCUT2D eigenvalue weighted by Crippen LogP contribution is 2.19. The summed E-state index contributed by atoms with van der Waals surface area (Å²) in [4.78, 5) is 0. The first-order valence-corrected chi connectivity index (χ1v) is 4.83. The second kappa shape index (κ2) is 5.78. The Morgan fingerprint density at radius 3 is 2.60 bits per heavy atom. The number of hydrogen-bond donors (Lipinski definition) is 2. The van der Waals surface area contributed by atoms with E-state index in [1.54, 1.807) is 31.3 Å². The van der Waals surface area contributed by atoms with Gasteiger partial charge in [0.05, 0.1) is 6.10 Å². The average molecular weight is 215 g/mol. The van der Waals surface area contributed by atoms with Gasteiger partial charge in [-0.25, -0.2) is 8.78 Å². The fourth-order valence-corrected chi connectivity index (χ4v) is 1.51. The molecule has 0 saturated heterocycles. The molecule has 15 heavy (non-hydrogen) atoms. The molecule has 0 spiro atoms. The van der Waals surface area contributed by atoms with Crippen molar-refractivity contribution in [3.8, 4) is 0 Å². The van der Waals surface area contributed by atoms with E-state index in [1.807, 2.05) is 0 Å². The largest absolute Gasteiger partial charge is 0.387 e. The maximum absolute atomic E-state index is 12.3. The fraction of sp³-hybridized carbons (Fsp3) is 0.455. The van der Waals surface area contributed by atoms with Gasteiger partial charge in [0.25, 0.3) is 0 Å². The van der Waals surface area contributed by atoms with Crippen LogP contribution in [0.5, 0.6) is 0 Å². The Kier molecular flexibility index (Phi) is 4.65. The van der Waals surface area contributed by atoms with E-state index >= 15 is 0 Å². The van der Waals surface area contributed by atoms with Crippen molar-refractivity contribution in [3.05, 3.63) is 35.4 Å². The smallest absolute Gasteiger partial charge is 0.242 e. The Morgan fingerprint density at radius 2 is 2.00 bits per heavy atom. The third-order valence-electron chi connectivity index (χ3n) is 2.19. The minimum absolute atomic E-state index is 0.309. The number of alkyl halides is 2. The summed E-state index contributed by atoms with van der Waals surface area (Å²) >= 11 is 0. The van der Waals surface area contributed by atoms with Crippen molar-refractivity contribution in [2.75, 3.05) is 13.6 Å². The average Bonchev–Trinajstić information content (AvgIpc) is 2.18. The molecule has 4 heteroatoms. The molecule has 1 aromatic carbocycles. The van der Waals surface area contributed by atoms with Crippen LogP contribution in [0.4, 0.5) is 8.78 Å². The van der Waals surface area contributed by atoms with Gasteiger partial charge in [-0.15, -0.1) is 0 Å². The first-order valence-electron chi connectivity index (χ1n) is 4.83. The van der Waals surface area contributed by atoms with E-state index in [4.69, 9.17) is 0 Å². The molecule has 0 saturated carbocycles. The molecule has 0 fully saturated rings. The standard InChI is InChI=1S/C11H15F2NO/c1-14-7-10(15)9-5-3-2-4-8(9)6-11(12)13/h2-5,10-11,14-15H,6-7H2,1H3. The molecular formula is C11H15F2NO. The van der Waals surface area contributed by atoms with Gasteiger partial charge in [-0.1, -0.05) is 24.3 Å². The number of aliphatic hydroxyl groups is 1. The summed E-state index contributed by atoms with van der Waals surface area (Å²) in [6.45, 7) is 0.361. The molecule has 84 valence electrons. The van der Waals surface area contributed by atoms with E-state index in [0.29, 0.717) is 17.7 Å². The Labute approximate surface area is 87.9 Å². The second-order valence-electron chi connectivity index (χ2n) is 3.37. The maximum atomic E-state index is 12.3. The zero-order valence-corrected chi connectivity index (χ0v) is 8.58. The van der Waals surface area contributed by atoms with E-state index in [9.17, 15) is 13.9 Å². The summed E-state index contributed by atoms with van der Waals surface area (Å²) < 4.78 is 24.5. The molecule has 2 nitrogen and oxygen atoms in total. The number of hydrogen-bond acceptors (Lipinski definition) is 2. The third-order valence-corrected chi connectivity index (χ3v) is 2.19. The van der Waals surface area contributed by atoms with Gasteiger partial charge in [-0.05, 0) is 18.2 Å². The zero-order chi connectivity index (χ0) is 11.3. The lowest BCUT2D eigenvalue weighted by molar-refractivity contribution is 0.145. The van der Waals surface area contributed by atoms with E-state index in [1.165, 1.54) is 0 Å². The van der Waals surface area contributed by atoms with Crippen LogP contribution >= 0.6 is 0 Å². The minimum Gasteiger partial charge on any atom is -0.387 e. The Bertz CT molecular complexity index is 304. The molecule has 0 aliphatic carbocycles. The molecular weight excluding hydrogens is 200 g/mol. The summed E-state index contributed by atoms with van der Waals surface area (Å²) in [7, 11) is 1.71. The minimum atomic E-state index is -2.38. The van der Waals surface area contributed by atoms with Crippen molar-refractivity contribution in [2.45, 2.75) is 19.0 Å². The van der Waals surface area contributed by atoms with Gasteiger partial charge in [-0.2, -0.15) is 0 Å². The maximum Gasteiger partial charge on any atom is 0.242 e. The van der Waals surface area contributed by atoms with Gasteiger partial charge >= 0.3 is 0 Å². The first kappa shape index (κ1) is 12.1. The predicted molar refractivity (Wildman–Crippen MR) is 55.0 cm³/mol. The van der Waals surface area contributed by atoms with Crippen molar-refractivity contribution in [1.82, 2.24) is 5.32 Å². The van der Waals surface area contributed by atoms with Gasteiger partial charge < -0.3 is 10.4 Å². The lowest BCUT2D eigenvalue weighted by Crippen LogP contribution is -2.18. The summed E-state index contributed by atoms with van der Waals surface area (Å²) in [5.74, 6) is 0. The SMILES string of the molecule is CNCC(O)c1ccccc1CC(F)F. The highest BCUT2D eigenvalue weighted by atomic mass is 19.3. The number of halogens is 2. The van der Waals surface area contributed by atoms with Crippen LogP contribution in [0.1, 0.15) is 17.2 Å². The molecule has 1 rings (SSSR count).